The van der Waals surface area contributed by atoms with Gasteiger partial charge in [0.15, 0.2) is 0 Å². The van der Waals surface area contributed by atoms with Crippen molar-refractivity contribution in [2.75, 3.05) is 7.05 Å². The lowest BCUT2D eigenvalue weighted by atomic mass is 10.1. The minimum Gasteiger partial charge on any atom is -0.311 e. The van der Waals surface area contributed by atoms with Gasteiger partial charge in [0.2, 0.25) is 0 Å². The van der Waals surface area contributed by atoms with Crippen molar-refractivity contribution in [2.45, 2.75) is 12.5 Å². The second-order valence-corrected chi connectivity index (χ2v) is 5.58. The third-order valence-electron chi connectivity index (χ3n) is 2.11. The van der Waals surface area contributed by atoms with Crippen LogP contribution < -0.4 is 5.32 Å². The molecule has 0 bridgehead atoms. The molecule has 0 saturated carbocycles. The largest absolute Gasteiger partial charge is 0.311 e. The van der Waals surface area contributed by atoms with Gasteiger partial charge in [-0.3, -0.25) is 0 Å². The van der Waals surface area contributed by atoms with Crippen LogP contribution >= 0.6 is 39.0 Å². The van der Waals surface area contributed by atoms with Gasteiger partial charge in [0.1, 0.15) is 0 Å². The molecular formula is C9H10BrN3S2. The van der Waals surface area contributed by atoms with Crippen molar-refractivity contribution in [3.63, 3.8) is 0 Å². The lowest BCUT2D eigenvalue weighted by molar-refractivity contribution is 0.585. The zero-order chi connectivity index (χ0) is 10.7. The molecule has 0 fully saturated rings. The fourth-order valence-corrected chi connectivity index (χ4v) is 3.31. The number of rotatable bonds is 4. The molecule has 3 nitrogen and oxygen atoms in total. The van der Waals surface area contributed by atoms with E-state index in [1.165, 1.54) is 16.6 Å². The second kappa shape index (κ2) is 5.16. The van der Waals surface area contributed by atoms with Gasteiger partial charge < -0.3 is 5.32 Å². The van der Waals surface area contributed by atoms with Crippen LogP contribution in [0.4, 0.5) is 0 Å². The highest BCUT2D eigenvalue weighted by molar-refractivity contribution is 9.10. The summed E-state index contributed by atoms with van der Waals surface area (Å²) in [5.74, 6) is 0. The van der Waals surface area contributed by atoms with Gasteiger partial charge in [0, 0.05) is 21.2 Å². The Balaban J connectivity index is 2.09. The Morgan fingerprint density at radius 1 is 1.60 bits per heavy atom. The molecule has 2 aromatic rings. The van der Waals surface area contributed by atoms with E-state index in [0.717, 1.165) is 16.6 Å². The van der Waals surface area contributed by atoms with Gasteiger partial charge in [-0.15, -0.1) is 11.3 Å². The third kappa shape index (κ3) is 2.84. The van der Waals surface area contributed by atoms with Crippen LogP contribution in [0.5, 0.6) is 0 Å². The van der Waals surface area contributed by atoms with E-state index in [4.69, 9.17) is 0 Å². The summed E-state index contributed by atoms with van der Waals surface area (Å²) in [6, 6.07) is 2.41. The number of nitrogens with one attached hydrogen (secondary N) is 1. The highest BCUT2D eigenvalue weighted by Gasteiger charge is 2.13. The molecule has 0 aromatic carbocycles. The molecule has 0 saturated heterocycles. The van der Waals surface area contributed by atoms with E-state index in [9.17, 15) is 0 Å². The van der Waals surface area contributed by atoms with Crippen LogP contribution in [0.3, 0.4) is 0 Å². The maximum Gasteiger partial charge on any atom is 0.0915 e. The smallest absolute Gasteiger partial charge is 0.0915 e. The van der Waals surface area contributed by atoms with Crippen LogP contribution in [0.15, 0.2) is 22.1 Å². The highest BCUT2D eigenvalue weighted by Crippen LogP contribution is 2.24. The summed E-state index contributed by atoms with van der Waals surface area (Å²) in [7, 11) is 1.95. The first kappa shape index (κ1) is 11.2. The van der Waals surface area contributed by atoms with Crippen LogP contribution in [0.2, 0.25) is 0 Å². The van der Waals surface area contributed by atoms with E-state index in [2.05, 4.69) is 41.4 Å². The lowest BCUT2D eigenvalue weighted by Gasteiger charge is -2.11. The average Bonchev–Trinajstić information content (AvgIpc) is 2.85. The molecule has 2 aromatic heterocycles. The predicted octanol–water partition coefficient (Wildman–Crippen LogP) is 2.87. The molecule has 0 aliphatic rings. The molecule has 1 unspecified atom stereocenters. The summed E-state index contributed by atoms with van der Waals surface area (Å²) >= 11 is 6.47. The number of thiophene rings is 1. The molecule has 1 N–H and O–H groups in total. The van der Waals surface area contributed by atoms with Crippen LogP contribution in [0, 0.1) is 0 Å². The molecule has 0 aliphatic heterocycles. The number of hydrogen-bond acceptors (Lipinski definition) is 5. The van der Waals surface area contributed by atoms with Crippen LogP contribution in [0.25, 0.3) is 0 Å². The first-order valence-corrected chi connectivity index (χ1v) is 6.87. The quantitative estimate of drug-likeness (QED) is 0.944. The zero-order valence-electron chi connectivity index (χ0n) is 8.11. The van der Waals surface area contributed by atoms with Gasteiger partial charge in [-0.25, -0.2) is 0 Å². The molecule has 80 valence electrons. The molecule has 0 amide bonds. The van der Waals surface area contributed by atoms with E-state index >= 15 is 0 Å². The molecule has 2 heterocycles. The molecule has 6 heteroatoms. The number of hydrogen-bond donors (Lipinski definition) is 1. The number of likely N-dealkylation sites (N-methyl/N-ethyl adjacent to an activating group) is 1. The zero-order valence-corrected chi connectivity index (χ0v) is 11.3. The number of nitrogens with zero attached hydrogens (tertiary/aromatic N) is 2. The first-order valence-electron chi connectivity index (χ1n) is 4.47. The summed E-state index contributed by atoms with van der Waals surface area (Å²) in [5, 5.41) is 5.36. The SMILES string of the molecule is CNC(Cc1cc(Br)cs1)c1cnsn1. The van der Waals surface area contributed by atoms with Gasteiger partial charge >= 0.3 is 0 Å². The standard InChI is InChI=1S/C9H10BrN3S2/c1-11-8(9-4-12-15-13-9)3-7-2-6(10)5-14-7/h2,4-5,8,11H,3H2,1H3. The summed E-state index contributed by atoms with van der Waals surface area (Å²) in [4.78, 5) is 1.34. The van der Waals surface area contributed by atoms with Crippen molar-refractivity contribution in [1.82, 2.24) is 14.1 Å². The Kier molecular flexibility index (Phi) is 3.85. The topological polar surface area (TPSA) is 37.8 Å². The maximum absolute atomic E-state index is 4.25. The fraction of sp³-hybridized carbons (Fsp3) is 0.333. The molecule has 0 radical (unpaired) electrons. The fourth-order valence-electron chi connectivity index (χ4n) is 1.34. The van der Waals surface area contributed by atoms with Gasteiger partial charge in [-0.1, -0.05) is 0 Å². The van der Waals surface area contributed by atoms with Gasteiger partial charge in [-0.2, -0.15) is 8.75 Å². The van der Waals surface area contributed by atoms with E-state index in [-0.39, 0.29) is 6.04 Å². The average molecular weight is 304 g/mol. The van der Waals surface area contributed by atoms with Crippen molar-refractivity contribution in [3.8, 4) is 0 Å². The van der Waals surface area contributed by atoms with E-state index < -0.39 is 0 Å². The number of halogens is 1. The van der Waals surface area contributed by atoms with Crippen LogP contribution in [-0.4, -0.2) is 15.8 Å². The molecule has 0 spiro atoms. The van der Waals surface area contributed by atoms with Crippen molar-refractivity contribution in [1.29, 1.82) is 0 Å². The summed E-state index contributed by atoms with van der Waals surface area (Å²) in [6.07, 6.45) is 2.78. The van der Waals surface area contributed by atoms with E-state index in [0.29, 0.717) is 0 Å². The van der Waals surface area contributed by atoms with E-state index in [1.807, 2.05) is 13.2 Å². The normalized spacial score (nSPS) is 12.9. The Bertz CT molecular complexity index is 413. The summed E-state index contributed by atoms with van der Waals surface area (Å²) < 4.78 is 9.42. The van der Waals surface area contributed by atoms with Gasteiger partial charge in [-0.05, 0) is 29.0 Å². The molecule has 2 rings (SSSR count). The van der Waals surface area contributed by atoms with Crippen LogP contribution in [0.1, 0.15) is 16.6 Å². The lowest BCUT2D eigenvalue weighted by Crippen LogP contribution is -2.18. The maximum atomic E-state index is 4.25. The van der Waals surface area contributed by atoms with Crippen molar-refractivity contribution in [2.24, 2.45) is 0 Å². The molecule has 1 atom stereocenters. The highest BCUT2D eigenvalue weighted by atomic mass is 79.9. The monoisotopic (exact) mass is 303 g/mol. The third-order valence-corrected chi connectivity index (χ3v) is 4.32. The molecule has 15 heavy (non-hydrogen) atoms. The van der Waals surface area contributed by atoms with Crippen molar-refractivity contribution >= 4 is 39.0 Å². The minimum absolute atomic E-state index is 0.259. The van der Waals surface area contributed by atoms with Crippen molar-refractivity contribution in [3.05, 3.63) is 32.7 Å². The van der Waals surface area contributed by atoms with Crippen molar-refractivity contribution < 1.29 is 0 Å². The molecule has 0 aliphatic carbocycles. The Morgan fingerprint density at radius 3 is 3.00 bits per heavy atom. The number of aromatic nitrogens is 2. The predicted molar refractivity (Wildman–Crippen MR) is 67.4 cm³/mol. The first-order chi connectivity index (χ1) is 7.29. The summed E-state index contributed by atoms with van der Waals surface area (Å²) in [6.45, 7) is 0. The summed E-state index contributed by atoms with van der Waals surface area (Å²) in [5.41, 5.74) is 1.02. The second-order valence-electron chi connectivity index (χ2n) is 3.11. The Labute approximate surface area is 105 Å². The van der Waals surface area contributed by atoms with Crippen LogP contribution in [-0.2, 0) is 6.42 Å². The Hall–Kier alpha value is -0.300. The Morgan fingerprint density at radius 2 is 2.47 bits per heavy atom. The van der Waals surface area contributed by atoms with Gasteiger partial charge in [0.25, 0.3) is 0 Å². The minimum atomic E-state index is 0.259. The molecular weight excluding hydrogens is 294 g/mol. The van der Waals surface area contributed by atoms with E-state index in [1.54, 1.807) is 11.3 Å². The van der Waals surface area contributed by atoms with Gasteiger partial charge in [0.05, 0.1) is 29.7 Å².